The van der Waals surface area contributed by atoms with Gasteiger partial charge in [-0.3, -0.25) is 9.36 Å². The first-order valence-electron chi connectivity index (χ1n) is 12.0. The van der Waals surface area contributed by atoms with Gasteiger partial charge in [0.2, 0.25) is 0 Å². The van der Waals surface area contributed by atoms with E-state index in [1.807, 2.05) is 0 Å². The fraction of sp³-hybridized carbons (Fsp3) is 0.500. The lowest BCUT2D eigenvalue weighted by molar-refractivity contribution is -0.156. The Bertz CT molecular complexity index is 1470. The van der Waals surface area contributed by atoms with Crippen molar-refractivity contribution in [3.05, 3.63) is 34.3 Å². The zero-order valence-corrected chi connectivity index (χ0v) is 21.6. The molecule has 3 aromatic rings. The number of amides is 1. The second kappa shape index (κ2) is 11.1. The summed E-state index contributed by atoms with van der Waals surface area (Å²) in [6.07, 6.45) is 4.95. The smallest absolute Gasteiger partial charge is 0.461 e. The highest BCUT2D eigenvalue weighted by Crippen LogP contribution is 2.38. The second-order valence-electron chi connectivity index (χ2n) is 9.01. The van der Waals surface area contributed by atoms with Gasteiger partial charge in [0.1, 0.15) is 30.3 Å². The minimum atomic E-state index is -1.58. The molecule has 208 valence electrons. The molecule has 4 rings (SSSR count). The number of aliphatic hydroxyl groups excluding tert-OH is 1. The van der Waals surface area contributed by atoms with E-state index in [9.17, 15) is 19.5 Å². The molecule has 0 unspecified atom stereocenters. The van der Waals surface area contributed by atoms with Crippen LogP contribution in [-0.2, 0) is 25.6 Å². The monoisotopic (exact) mass is 544 g/mol. The fourth-order valence-electron chi connectivity index (χ4n) is 4.04. The summed E-state index contributed by atoms with van der Waals surface area (Å²) >= 11 is 0. The van der Waals surface area contributed by atoms with Crippen molar-refractivity contribution in [3.8, 4) is 12.3 Å². The van der Waals surface area contributed by atoms with Gasteiger partial charge >= 0.3 is 17.9 Å². The SMILES string of the molecule is C#C[C@]1(COC(=O)CCCN(C)C(=O)OCc2oc(=O)oc2C)O[C@@H](n2cnc3c(N)nc(C)nc32)C[C@@H]1O. The van der Waals surface area contributed by atoms with Crippen LogP contribution >= 0.6 is 0 Å². The van der Waals surface area contributed by atoms with Crippen molar-refractivity contribution in [3.63, 3.8) is 0 Å². The first-order chi connectivity index (χ1) is 18.5. The van der Waals surface area contributed by atoms with Crippen LogP contribution in [0.15, 0.2) is 20.0 Å². The Labute approximate surface area is 221 Å². The van der Waals surface area contributed by atoms with E-state index in [4.69, 9.17) is 35.2 Å². The average Bonchev–Trinajstić information content (AvgIpc) is 3.55. The van der Waals surface area contributed by atoms with Crippen molar-refractivity contribution in [1.29, 1.82) is 0 Å². The zero-order valence-electron chi connectivity index (χ0n) is 21.6. The molecule has 1 saturated heterocycles. The number of terminal acetylenes is 1. The van der Waals surface area contributed by atoms with Gasteiger partial charge in [0.25, 0.3) is 0 Å². The molecule has 1 aliphatic rings. The number of aryl methyl sites for hydroxylation is 2. The summed E-state index contributed by atoms with van der Waals surface area (Å²) in [5, 5.41) is 10.7. The molecule has 39 heavy (non-hydrogen) atoms. The number of carbonyl (C=O) groups excluding carboxylic acids is 2. The van der Waals surface area contributed by atoms with Crippen molar-refractivity contribution in [2.24, 2.45) is 0 Å². The summed E-state index contributed by atoms with van der Waals surface area (Å²) in [6.45, 7) is 2.73. The fourth-order valence-corrected chi connectivity index (χ4v) is 4.04. The molecule has 1 amide bonds. The Morgan fingerprint density at radius 1 is 1.33 bits per heavy atom. The van der Waals surface area contributed by atoms with Crippen LogP contribution in [0.1, 0.15) is 42.8 Å². The van der Waals surface area contributed by atoms with Gasteiger partial charge in [-0.05, 0) is 20.3 Å². The Morgan fingerprint density at radius 2 is 2.10 bits per heavy atom. The van der Waals surface area contributed by atoms with Crippen molar-refractivity contribution >= 4 is 29.0 Å². The van der Waals surface area contributed by atoms with Crippen LogP contribution in [0, 0.1) is 26.2 Å². The lowest BCUT2D eigenvalue weighted by Crippen LogP contribution is -2.43. The van der Waals surface area contributed by atoms with E-state index < -0.39 is 35.8 Å². The number of nitrogens with zero attached hydrogens (tertiary/aromatic N) is 5. The molecule has 0 bridgehead atoms. The summed E-state index contributed by atoms with van der Waals surface area (Å²) < 4.78 is 27.5. The standard InChI is InChI=1S/C24H28N6O9/c1-5-24(16(31)9-17(39-24)30-12-26-19-20(25)27-14(3)28-21(19)30)11-36-18(32)7-6-8-29(4)22(33)35-10-15-13(2)37-23(34)38-15/h1,12,16-17,31H,6-11H2,2-4H3,(H2,25,27,28)/t16-,17+,24+/m0/s1. The molecule has 0 saturated carbocycles. The Morgan fingerprint density at radius 3 is 2.79 bits per heavy atom. The molecule has 3 aromatic heterocycles. The third-order valence-electron chi connectivity index (χ3n) is 6.22. The van der Waals surface area contributed by atoms with Gasteiger partial charge < -0.3 is 38.8 Å². The number of rotatable bonds is 9. The van der Waals surface area contributed by atoms with E-state index in [1.165, 1.54) is 25.2 Å². The average molecular weight is 545 g/mol. The number of aliphatic hydroxyl groups is 1. The van der Waals surface area contributed by atoms with Crippen LogP contribution in [0.3, 0.4) is 0 Å². The quantitative estimate of drug-likeness (QED) is 0.284. The van der Waals surface area contributed by atoms with Crippen LogP contribution in [0.25, 0.3) is 11.2 Å². The number of esters is 1. The summed E-state index contributed by atoms with van der Waals surface area (Å²) in [5.41, 5.74) is 5.16. The van der Waals surface area contributed by atoms with Gasteiger partial charge in [0.05, 0.1) is 6.33 Å². The second-order valence-corrected chi connectivity index (χ2v) is 9.01. The molecule has 3 N–H and O–H groups in total. The number of carbonyl (C=O) groups is 2. The minimum absolute atomic E-state index is 0.0326. The largest absolute Gasteiger partial charge is 0.519 e. The van der Waals surface area contributed by atoms with Gasteiger partial charge in [-0.25, -0.2) is 24.5 Å². The molecular formula is C24H28N6O9. The predicted octanol–water partition coefficient (Wildman–Crippen LogP) is 0.815. The maximum Gasteiger partial charge on any atom is 0.519 e. The van der Waals surface area contributed by atoms with Gasteiger partial charge in [-0.2, -0.15) is 0 Å². The number of fused-ring (bicyclic) bond motifs is 1. The lowest BCUT2D eigenvalue weighted by Gasteiger charge is -2.26. The minimum Gasteiger partial charge on any atom is -0.461 e. The highest BCUT2D eigenvalue weighted by molar-refractivity contribution is 5.81. The maximum atomic E-state index is 12.4. The molecular weight excluding hydrogens is 516 g/mol. The topological polar surface area (TPSA) is 198 Å². The van der Waals surface area contributed by atoms with Crippen molar-refractivity contribution in [2.75, 3.05) is 25.9 Å². The Hall–Kier alpha value is -4.42. The Kier molecular flexibility index (Phi) is 7.88. The molecule has 0 aromatic carbocycles. The maximum absolute atomic E-state index is 12.4. The van der Waals surface area contributed by atoms with E-state index in [1.54, 1.807) is 11.5 Å². The lowest BCUT2D eigenvalue weighted by atomic mass is 9.99. The molecule has 0 radical (unpaired) electrons. The van der Waals surface area contributed by atoms with Crippen LogP contribution in [0.4, 0.5) is 10.6 Å². The highest BCUT2D eigenvalue weighted by Gasteiger charge is 2.49. The molecule has 1 fully saturated rings. The molecule has 0 aliphatic carbocycles. The number of aromatic nitrogens is 4. The summed E-state index contributed by atoms with van der Waals surface area (Å²) in [5.74, 6) is 1.94. The molecule has 0 spiro atoms. The number of hydrogen-bond acceptors (Lipinski definition) is 13. The van der Waals surface area contributed by atoms with Gasteiger partial charge in [0.15, 0.2) is 35.2 Å². The number of hydrogen-bond donors (Lipinski definition) is 2. The third kappa shape index (κ3) is 5.86. The number of nitrogen functional groups attached to an aromatic ring is 1. The van der Waals surface area contributed by atoms with Crippen LogP contribution in [-0.4, -0.2) is 73.5 Å². The summed E-state index contributed by atoms with van der Waals surface area (Å²) in [7, 11) is 1.49. The van der Waals surface area contributed by atoms with Crippen molar-refractivity contribution in [2.45, 2.75) is 57.6 Å². The van der Waals surface area contributed by atoms with E-state index >= 15 is 0 Å². The van der Waals surface area contributed by atoms with E-state index in [-0.39, 0.29) is 56.4 Å². The van der Waals surface area contributed by atoms with Gasteiger partial charge in [0, 0.05) is 26.4 Å². The molecule has 3 atom stereocenters. The van der Waals surface area contributed by atoms with Crippen LogP contribution in [0.2, 0.25) is 0 Å². The van der Waals surface area contributed by atoms with E-state index in [0.717, 1.165) is 0 Å². The van der Waals surface area contributed by atoms with E-state index in [2.05, 4.69) is 20.9 Å². The van der Waals surface area contributed by atoms with Gasteiger partial charge in [-0.1, -0.05) is 5.92 Å². The number of imidazole rings is 1. The molecule has 1 aliphatic heterocycles. The van der Waals surface area contributed by atoms with E-state index in [0.29, 0.717) is 17.0 Å². The number of nitrogens with two attached hydrogens (primary N) is 1. The third-order valence-corrected chi connectivity index (χ3v) is 6.22. The summed E-state index contributed by atoms with van der Waals surface area (Å²) in [6, 6.07) is 0. The van der Waals surface area contributed by atoms with Crippen molar-refractivity contribution < 1.29 is 37.7 Å². The Balaban J connectivity index is 1.26. The normalized spacial score (nSPS) is 20.6. The number of anilines is 1. The molecule has 4 heterocycles. The van der Waals surface area contributed by atoms with Crippen LogP contribution in [0.5, 0.6) is 0 Å². The van der Waals surface area contributed by atoms with Gasteiger partial charge in [-0.15, -0.1) is 6.42 Å². The zero-order chi connectivity index (χ0) is 28.3. The predicted molar refractivity (Wildman–Crippen MR) is 132 cm³/mol. The first-order valence-corrected chi connectivity index (χ1v) is 12.0. The first kappa shape index (κ1) is 27.6. The molecule has 15 nitrogen and oxygen atoms in total. The number of ether oxygens (including phenoxy) is 3. The molecule has 15 heteroatoms. The van der Waals surface area contributed by atoms with Crippen molar-refractivity contribution in [1.82, 2.24) is 24.4 Å². The summed E-state index contributed by atoms with van der Waals surface area (Å²) in [4.78, 5) is 49.5. The highest BCUT2D eigenvalue weighted by atomic mass is 16.6. The van der Waals surface area contributed by atoms with Crippen LogP contribution < -0.4 is 11.6 Å².